The van der Waals surface area contributed by atoms with Gasteiger partial charge in [-0.15, -0.1) is 0 Å². The molecule has 0 aliphatic carbocycles. The number of para-hydroxylation sites is 1. The first kappa shape index (κ1) is 16.4. The topological polar surface area (TPSA) is 67.4 Å². The molecule has 5 nitrogen and oxygen atoms in total. The molecule has 0 atom stereocenters. The maximum absolute atomic E-state index is 12.4. The molecule has 0 bridgehead atoms. The van der Waals surface area contributed by atoms with Crippen molar-refractivity contribution in [3.63, 3.8) is 0 Å². The number of carbonyl (C=O) groups is 2. The lowest BCUT2D eigenvalue weighted by Gasteiger charge is -2.11. The van der Waals surface area contributed by atoms with Gasteiger partial charge in [-0.3, -0.25) is 9.59 Å². The number of anilines is 1. The van der Waals surface area contributed by atoms with E-state index in [2.05, 4.69) is 15.4 Å². The Hall–Kier alpha value is -2.96. The van der Waals surface area contributed by atoms with Crippen LogP contribution >= 0.6 is 0 Å². The number of carbonyl (C=O) groups excluding carboxylic acids is 2. The van der Waals surface area contributed by atoms with Crippen molar-refractivity contribution in [1.82, 2.24) is 5.32 Å². The maximum atomic E-state index is 12.4. The first-order valence-corrected chi connectivity index (χ1v) is 6.68. The van der Waals surface area contributed by atoms with E-state index in [1.54, 1.807) is 18.2 Å². The Morgan fingerprint density at radius 3 is 2.26 bits per heavy atom. The molecule has 0 saturated carbocycles. The largest absolute Gasteiger partial charge is 0.434 e. The minimum absolute atomic E-state index is 0.0109. The van der Waals surface area contributed by atoms with Crippen molar-refractivity contribution in [2.75, 3.05) is 12.4 Å². The highest BCUT2D eigenvalue weighted by Gasteiger charge is 2.15. The number of rotatable bonds is 5. The van der Waals surface area contributed by atoms with Gasteiger partial charge in [0.2, 0.25) is 0 Å². The van der Waals surface area contributed by atoms with E-state index in [4.69, 9.17) is 0 Å². The highest BCUT2D eigenvalue weighted by molar-refractivity contribution is 6.06. The van der Waals surface area contributed by atoms with Gasteiger partial charge in [0.25, 0.3) is 11.8 Å². The van der Waals surface area contributed by atoms with Crippen LogP contribution in [0.15, 0.2) is 48.5 Å². The van der Waals surface area contributed by atoms with Crippen LogP contribution in [-0.2, 0) is 0 Å². The second-order valence-electron chi connectivity index (χ2n) is 4.49. The summed E-state index contributed by atoms with van der Waals surface area (Å²) in [5.41, 5.74) is 0.851. The zero-order valence-corrected chi connectivity index (χ0v) is 12.2. The lowest BCUT2D eigenvalue weighted by Crippen LogP contribution is -2.18. The van der Waals surface area contributed by atoms with E-state index in [1.165, 1.54) is 37.4 Å². The van der Waals surface area contributed by atoms with Crippen molar-refractivity contribution < 1.29 is 23.1 Å². The Kier molecular flexibility index (Phi) is 5.24. The molecule has 0 aromatic heterocycles. The molecule has 2 aromatic rings. The molecule has 0 unspecified atom stereocenters. The number of ether oxygens (including phenoxy) is 1. The average molecular weight is 320 g/mol. The highest BCUT2D eigenvalue weighted by atomic mass is 19.3. The van der Waals surface area contributed by atoms with E-state index in [0.29, 0.717) is 11.3 Å². The van der Waals surface area contributed by atoms with Crippen LogP contribution in [0.25, 0.3) is 0 Å². The summed E-state index contributed by atoms with van der Waals surface area (Å²) in [5.74, 6) is -1.05. The van der Waals surface area contributed by atoms with Gasteiger partial charge in [0.05, 0.1) is 5.56 Å². The minimum Gasteiger partial charge on any atom is -0.434 e. The van der Waals surface area contributed by atoms with E-state index in [9.17, 15) is 18.4 Å². The van der Waals surface area contributed by atoms with Crippen LogP contribution in [0.3, 0.4) is 0 Å². The smallest absolute Gasteiger partial charge is 0.387 e. The first-order valence-electron chi connectivity index (χ1n) is 6.68. The number of amides is 2. The van der Waals surface area contributed by atoms with Gasteiger partial charge in [0.15, 0.2) is 0 Å². The molecule has 0 radical (unpaired) electrons. The van der Waals surface area contributed by atoms with E-state index in [-0.39, 0.29) is 17.2 Å². The lowest BCUT2D eigenvalue weighted by atomic mass is 10.1. The first-order chi connectivity index (χ1) is 11.0. The quantitative estimate of drug-likeness (QED) is 0.890. The average Bonchev–Trinajstić information content (AvgIpc) is 2.54. The van der Waals surface area contributed by atoms with Crippen molar-refractivity contribution in [3.8, 4) is 5.75 Å². The molecule has 2 aromatic carbocycles. The Morgan fingerprint density at radius 2 is 1.65 bits per heavy atom. The van der Waals surface area contributed by atoms with Crippen molar-refractivity contribution in [1.29, 1.82) is 0 Å². The number of alkyl halides is 2. The molecule has 2 amide bonds. The fourth-order valence-corrected chi connectivity index (χ4v) is 1.90. The SMILES string of the molecule is CNC(=O)c1ccc(NC(=O)c2ccccc2OC(F)F)cc1. The summed E-state index contributed by atoms with van der Waals surface area (Å²) in [6.07, 6.45) is 0. The van der Waals surface area contributed by atoms with Gasteiger partial charge in [-0.1, -0.05) is 12.1 Å². The molecule has 2 rings (SSSR count). The Bertz CT molecular complexity index is 703. The van der Waals surface area contributed by atoms with Crippen LogP contribution in [0.5, 0.6) is 5.75 Å². The fraction of sp³-hybridized carbons (Fsp3) is 0.125. The monoisotopic (exact) mass is 320 g/mol. The van der Waals surface area contributed by atoms with E-state index >= 15 is 0 Å². The number of hydrogen-bond donors (Lipinski definition) is 2. The molecule has 0 saturated heterocycles. The van der Waals surface area contributed by atoms with E-state index in [0.717, 1.165) is 0 Å². The Balaban J connectivity index is 2.15. The predicted octanol–water partition coefficient (Wildman–Crippen LogP) is 2.90. The molecule has 23 heavy (non-hydrogen) atoms. The van der Waals surface area contributed by atoms with Gasteiger partial charge >= 0.3 is 6.61 Å². The summed E-state index contributed by atoms with van der Waals surface area (Å²) in [5, 5.41) is 5.04. The van der Waals surface area contributed by atoms with Crippen molar-refractivity contribution in [2.24, 2.45) is 0 Å². The van der Waals surface area contributed by atoms with Gasteiger partial charge in [0, 0.05) is 18.3 Å². The molecule has 2 N–H and O–H groups in total. The number of halogens is 2. The zero-order chi connectivity index (χ0) is 16.8. The van der Waals surface area contributed by atoms with Gasteiger partial charge in [0.1, 0.15) is 5.75 Å². The second-order valence-corrected chi connectivity index (χ2v) is 4.49. The molecule has 120 valence electrons. The number of benzene rings is 2. The van der Waals surface area contributed by atoms with Crippen LogP contribution in [-0.4, -0.2) is 25.5 Å². The second kappa shape index (κ2) is 7.35. The van der Waals surface area contributed by atoms with Gasteiger partial charge in [-0.05, 0) is 36.4 Å². The summed E-state index contributed by atoms with van der Waals surface area (Å²) >= 11 is 0. The van der Waals surface area contributed by atoms with Crippen molar-refractivity contribution in [3.05, 3.63) is 59.7 Å². The van der Waals surface area contributed by atoms with Gasteiger partial charge in [-0.25, -0.2) is 0 Å². The van der Waals surface area contributed by atoms with Crippen LogP contribution < -0.4 is 15.4 Å². The summed E-state index contributed by atoms with van der Waals surface area (Å²) in [6.45, 7) is -3.02. The van der Waals surface area contributed by atoms with Crippen LogP contribution in [0.2, 0.25) is 0 Å². The molecule has 0 aliphatic heterocycles. The number of hydrogen-bond acceptors (Lipinski definition) is 3. The molecule has 0 spiro atoms. The van der Waals surface area contributed by atoms with Crippen LogP contribution in [0, 0.1) is 0 Å². The van der Waals surface area contributed by atoms with Crippen LogP contribution in [0.1, 0.15) is 20.7 Å². The molecule has 7 heteroatoms. The normalized spacial score (nSPS) is 10.3. The third-order valence-corrected chi connectivity index (χ3v) is 2.98. The van der Waals surface area contributed by atoms with Crippen molar-refractivity contribution >= 4 is 17.5 Å². The molecular formula is C16H14F2N2O3. The molecule has 0 fully saturated rings. The summed E-state index contributed by atoms with van der Waals surface area (Å²) < 4.78 is 29.0. The fourth-order valence-electron chi connectivity index (χ4n) is 1.90. The Labute approximate surface area is 131 Å². The third-order valence-electron chi connectivity index (χ3n) is 2.98. The maximum Gasteiger partial charge on any atom is 0.387 e. The van der Waals surface area contributed by atoms with Gasteiger partial charge in [-0.2, -0.15) is 8.78 Å². The van der Waals surface area contributed by atoms with Crippen LogP contribution in [0.4, 0.5) is 14.5 Å². The molecule has 0 heterocycles. The van der Waals surface area contributed by atoms with E-state index in [1.807, 2.05) is 0 Å². The van der Waals surface area contributed by atoms with Crippen molar-refractivity contribution in [2.45, 2.75) is 6.61 Å². The van der Waals surface area contributed by atoms with Gasteiger partial charge < -0.3 is 15.4 Å². The summed E-state index contributed by atoms with van der Waals surface area (Å²) in [6, 6.07) is 11.9. The zero-order valence-electron chi connectivity index (χ0n) is 12.2. The highest BCUT2D eigenvalue weighted by Crippen LogP contribution is 2.21. The molecule has 0 aliphatic rings. The Morgan fingerprint density at radius 1 is 1.00 bits per heavy atom. The minimum atomic E-state index is -3.02. The summed E-state index contributed by atoms with van der Waals surface area (Å²) in [4.78, 5) is 23.6. The van der Waals surface area contributed by atoms with E-state index < -0.39 is 12.5 Å². The summed E-state index contributed by atoms with van der Waals surface area (Å²) in [7, 11) is 1.51. The predicted molar refractivity (Wildman–Crippen MR) is 80.9 cm³/mol. The lowest BCUT2D eigenvalue weighted by molar-refractivity contribution is -0.0501. The standard InChI is InChI=1S/C16H14F2N2O3/c1-19-14(21)10-6-8-11(9-7-10)20-15(22)12-4-2-3-5-13(12)23-16(17)18/h2-9,16H,1H3,(H,19,21)(H,20,22). The molecular weight excluding hydrogens is 306 g/mol. The third kappa shape index (κ3) is 4.26. The number of nitrogens with one attached hydrogen (secondary N) is 2.